The van der Waals surface area contributed by atoms with Crippen LogP contribution < -0.4 is 4.90 Å². The van der Waals surface area contributed by atoms with Gasteiger partial charge < -0.3 is 19.1 Å². The van der Waals surface area contributed by atoms with E-state index in [2.05, 4.69) is 0 Å². The van der Waals surface area contributed by atoms with Gasteiger partial charge in [-0.1, -0.05) is 11.6 Å². The van der Waals surface area contributed by atoms with Gasteiger partial charge in [0.15, 0.2) is 9.84 Å². The number of carbonyl (C=O) groups excluding carboxylic acids is 2. The minimum absolute atomic E-state index is 0.0174. The quantitative estimate of drug-likeness (QED) is 0.696. The van der Waals surface area contributed by atoms with Gasteiger partial charge in [0, 0.05) is 6.26 Å². The summed E-state index contributed by atoms with van der Waals surface area (Å²) in [5.41, 5.74) is 0.522. The zero-order valence-corrected chi connectivity index (χ0v) is 16.2. The SMILES string of the molecule is COC(=O)C1=C(C(=O)OC)N(c2cc(S(C)(=O)=O)cc(C)c2Cl)COC1. The van der Waals surface area contributed by atoms with E-state index in [0.717, 1.165) is 13.4 Å². The standard InChI is InChI=1S/C16H18ClNO7S/c1-9-5-10(26(4,21)22)6-12(13(9)17)18-8-25-7-11(15(19)23-2)14(18)16(20)24-3/h5-6H,7-8H2,1-4H3. The van der Waals surface area contributed by atoms with Crippen LogP contribution >= 0.6 is 11.6 Å². The molecule has 142 valence electrons. The summed E-state index contributed by atoms with van der Waals surface area (Å²) in [6, 6.07) is 2.74. The Hall–Kier alpha value is -2.10. The number of benzene rings is 1. The van der Waals surface area contributed by atoms with Crippen LogP contribution in [-0.2, 0) is 33.6 Å². The summed E-state index contributed by atoms with van der Waals surface area (Å²) in [4.78, 5) is 25.7. The van der Waals surface area contributed by atoms with Crippen LogP contribution in [0.25, 0.3) is 0 Å². The second-order valence-electron chi connectivity index (χ2n) is 5.56. The van der Waals surface area contributed by atoms with Crippen molar-refractivity contribution in [2.75, 3.05) is 38.7 Å². The number of methoxy groups -OCH3 is 2. The maximum atomic E-state index is 12.3. The first-order valence-corrected chi connectivity index (χ1v) is 9.64. The third kappa shape index (κ3) is 3.84. The molecule has 1 aromatic rings. The number of sulfone groups is 1. The van der Waals surface area contributed by atoms with Crippen molar-refractivity contribution in [1.29, 1.82) is 0 Å². The molecular weight excluding hydrogens is 386 g/mol. The van der Waals surface area contributed by atoms with Crippen LogP contribution in [0.2, 0.25) is 5.02 Å². The molecule has 8 nitrogen and oxygen atoms in total. The molecule has 0 atom stereocenters. The Bertz CT molecular complexity index is 892. The lowest BCUT2D eigenvalue weighted by atomic mass is 10.1. The Morgan fingerprint density at radius 3 is 2.35 bits per heavy atom. The van der Waals surface area contributed by atoms with Crippen LogP contribution in [0.15, 0.2) is 28.3 Å². The lowest BCUT2D eigenvalue weighted by Crippen LogP contribution is -2.39. The topological polar surface area (TPSA) is 99.2 Å². The fraction of sp³-hybridized carbons (Fsp3) is 0.375. The molecule has 26 heavy (non-hydrogen) atoms. The highest BCUT2D eigenvalue weighted by molar-refractivity contribution is 7.90. The monoisotopic (exact) mass is 403 g/mol. The number of nitrogens with zero attached hydrogens (tertiary/aromatic N) is 1. The van der Waals surface area contributed by atoms with Crippen LogP contribution in [0.5, 0.6) is 0 Å². The van der Waals surface area contributed by atoms with E-state index in [0.29, 0.717) is 5.56 Å². The second kappa shape index (κ2) is 7.65. The fourth-order valence-electron chi connectivity index (χ4n) is 2.46. The Balaban J connectivity index is 2.75. The van der Waals surface area contributed by atoms with Gasteiger partial charge in [-0.25, -0.2) is 18.0 Å². The molecule has 1 heterocycles. The number of rotatable bonds is 4. The zero-order chi connectivity index (χ0) is 19.6. The lowest BCUT2D eigenvalue weighted by Gasteiger charge is -2.32. The molecule has 0 amide bonds. The Morgan fingerprint density at radius 2 is 1.81 bits per heavy atom. The van der Waals surface area contributed by atoms with Gasteiger partial charge in [-0.3, -0.25) is 0 Å². The molecule has 1 aliphatic rings. The maximum absolute atomic E-state index is 12.3. The number of anilines is 1. The molecule has 0 aromatic heterocycles. The average Bonchev–Trinajstić information content (AvgIpc) is 2.60. The molecule has 0 saturated carbocycles. The number of hydrogen-bond acceptors (Lipinski definition) is 8. The number of hydrogen-bond donors (Lipinski definition) is 0. The first-order chi connectivity index (χ1) is 12.1. The van der Waals surface area contributed by atoms with Gasteiger partial charge in [0.25, 0.3) is 0 Å². The minimum atomic E-state index is -3.53. The molecule has 10 heteroatoms. The van der Waals surface area contributed by atoms with Crippen molar-refractivity contribution in [3.05, 3.63) is 34.0 Å². The predicted molar refractivity (Wildman–Crippen MR) is 93.7 cm³/mol. The summed E-state index contributed by atoms with van der Waals surface area (Å²) in [5.74, 6) is -1.56. The van der Waals surface area contributed by atoms with E-state index in [1.807, 2.05) is 0 Å². The third-order valence-corrected chi connectivity index (χ3v) is 5.34. The summed E-state index contributed by atoms with van der Waals surface area (Å²) >= 11 is 6.34. The summed E-state index contributed by atoms with van der Waals surface area (Å²) in [6.45, 7) is 1.35. The molecule has 0 saturated heterocycles. The van der Waals surface area contributed by atoms with E-state index in [9.17, 15) is 18.0 Å². The van der Waals surface area contributed by atoms with Crippen molar-refractivity contribution < 1.29 is 32.2 Å². The van der Waals surface area contributed by atoms with Crippen molar-refractivity contribution in [2.24, 2.45) is 0 Å². The predicted octanol–water partition coefficient (Wildman–Crippen LogP) is 1.45. The fourth-order valence-corrected chi connectivity index (χ4v) is 3.39. The molecule has 0 aliphatic carbocycles. The van der Waals surface area contributed by atoms with Crippen molar-refractivity contribution >= 4 is 39.1 Å². The highest BCUT2D eigenvalue weighted by Crippen LogP contribution is 2.36. The zero-order valence-electron chi connectivity index (χ0n) is 14.7. The average molecular weight is 404 g/mol. The van der Waals surface area contributed by atoms with Crippen LogP contribution in [0.3, 0.4) is 0 Å². The molecule has 0 bridgehead atoms. The van der Waals surface area contributed by atoms with Gasteiger partial charge in [-0.05, 0) is 24.6 Å². The van der Waals surface area contributed by atoms with Crippen LogP contribution in [0.1, 0.15) is 5.56 Å². The molecular formula is C16H18ClNO7S. The molecule has 1 aliphatic heterocycles. The van der Waals surface area contributed by atoms with Crippen LogP contribution in [0.4, 0.5) is 5.69 Å². The molecule has 2 rings (SSSR count). The van der Waals surface area contributed by atoms with E-state index >= 15 is 0 Å². The Morgan fingerprint density at radius 1 is 1.19 bits per heavy atom. The summed E-state index contributed by atoms with van der Waals surface area (Å²) in [7, 11) is -1.20. The van der Waals surface area contributed by atoms with Gasteiger partial charge in [-0.2, -0.15) is 0 Å². The molecule has 0 radical (unpaired) electrons. The van der Waals surface area contributed by atoms with Crippen molar-refractivity contribution in [1.82, 2.24) is 0 Å². The van der Waals surface area contributed by atoms with E-state index in [1.165, 1.54) is 24.1 Å². The van der Waals surface area contributed by atoms with Gasteiger partial charge in [0.05, 0.1) is 42.0 Å². The van der Waals surface area contributed by atoms with Gasteiger partial charge >= 0.3 is 11.9 Å². The number of halogens is 1. The Labute approximate surface area is 156 Å². The number of aryl methyl sites for hydroxylation is 1. The first-order valence-electron chi connectivity index (χ1n) is 7.37. The number of carbonyl (C=O) groups is 2. The van der Waals surface area contributed by atoms with Gasteiger partial charge in [-0.15, -0.1) is 0 Å². The second-order valence-corrected chi connectivity index (χ2v) is 7.96. The summed E-state index contributed by atoms with van der Waals surface area (Å²) in [6.07, 6.45) is 1.06. The van der Waals surface area contributed by atoms with Gasteiger partial charge in [0.1, 0.15) is 12.4 Å². The van der Waals surface area contributed by atoms with Crippen LogP contribution in [-0.4, -0.2) is 54.2 Å². The lowest BCUT2D eigenvalue weighted by molar-refractivity contribution is -0.140. The van der Waals surface area contributed by atoms with E-state index in [-0.39, 0.29) is 40.2 Å². The minimum Gasteiger partial charge on any atom is -0.466 e. The van der Waals surface area contributed by atoms with E-state index in [4.69, 9.17) is 25.8 Å². The molecule has 0 fully saturated rings. The largest absolute Gasteiger partial charge is 0.466 e. The number of esters is 2. The van der Waals surface area contributed by atoms with Crippen molar-refractivity contribution in [3.63, 3.8) is 0 Å². The highest BCUT2D eigenvalue weighted by Gasteiger charge is 2.34. The summed E-state index contributed by atoms with van der Waals surface area (Å²) < 4.78 is 38.7. The third-order valence-electron chi connectivity index (χ3n) is 3.76. The molecule has 0 spiro atoms. The normalized spacial score (nSPS) is 15.0. The van der Waals surface area contributed by atoms with Crippen molar-refractivity contribution in [3.8, 4) is 0 Å². The van der Waals surface area contributed by atoms with Gasteiger partial charge in [0.2, 0.25) is 0 Å². The number of ether oxygens (including phenoxy) is 3. The molecule has 0 N–H and O–H groups in total. The maximum Gasteiger partial charge on any atom is 0.355 e. The van der Waals surface area contributed by atoms with Crippen molar-refractivity contribution in [2.45, 2.75) is 11.8 Å². The Kier molecular flexibility index (Phi) is 5.94. The smallest absolute Gasteiger partial charge is 0.355 e. The first kappa shape index (κ1) is 20.2. The molecule has 1 aromatic carbocycles. The highest BCUT2D eigenvalue weighted by atomic mass is 35.5. The van der Waals surface area contributed by atoms with E-state index < -0.39 is 21.8 Å². The van der Waals surface area contributed by atoms with Crippen LogP contribution in [0, 0.1) is 6.92 Å². The van der Waals surface area contributed by atoms with E-state index in [1.54, 1.807) is 6.92 Å². The molecule has 0 unspecified atom stereocenters. The summed E-state index contributed by atoms with van der Waals surface area (Å²) in [5, 5.41) is 0.216.